The summed E-state index contributed by atoms with van der Waals surface area (Å²) in [7, 11) is 0. The zero-order valence-corrected chi connectivity index (χ0v) is 13.4. The lowest BCUT2D eigenvalue weighted by atomic mass is 9.91. The van der Waals surface area contributed by atoms with Gasteiger partial charge in [-0.05, 0) is 25.8 Å². The molecule has 0 aromatic carbocycles. The van der Waals surface area contributed by atoms with Gasteiger partial charge in [0.25, 0.3) is 5.91 Å². The summed E-state index contributed by atoms with van der Waals surface area (Å²) in [5.74, 6) is -1.04. The molecule has 3 rings (SSSR count). The third-order valence-corrected chi connectivity index (χ3v) is 4.61. The summed E-state index contributed by atoms with van der Waals surface area (Å²) in [6.45, 7) is 3.08. The minimum absolute atomic E-state index is 0.00676. The molecule has 3 aliphatic rings. The highest BCUT2D eigenvalue weighted by molar-refractivity contribution is 6.23. The van der Waals surface area contributed by atoms with Gasteiger partial charge in [0.2, 0.25) is 5.91 Å². The molecule has 0 aromatic rings. The molecular formula is C17H18N4O3. The Bertz CT molecular complexity index is 721. The predicted molar refractivity (Wildman–Crippen MR) is 85.8 cm³/mol. The van der Waals surface area contributed by atoms with Crippen molar-refractivity contribution in [1.29, 1.82) is 5.26 Å². The van der Waals surface area contributed by atoms with Crippen molar-refractivity contribution < 1.29 is 14.4 Å². The van der Waals surface area contributed by atoms with Crippen LogP contribution in [0.15, 0.2) is 28.8 Å². The average Bonchev–Trinajstić information content (AvgIpc) is 2.61. The van der Waals surface area contributed by atoms with Crippen LogP contribution in [0.25, 0.3) is 0 Å². The fourth-order valence-corrected chi connectivity index (χ4v) is 3.16. The maximum absolute atomic E-state index is 12.6. The number of carbonyl (C=O) groups is 3. The summed E-state index contributed by atoms with van der Waals surface area (Å²) < 4.78 is 0. The number of aliphatic imine (C=N–C) groups is 1. The van der Waals surface area contributed by atoms with Gasteiger partial charge in [0.05, 0.1) is 17.7 Å². The number of nitriles is 1. The molecule has 2 aliphatic heterocycles. The van der Waals surface area contributed by atoms with Gasteiger partial charge in [0.15, 0.2) is 0 Å². The largest absolute Gasteiger partial charge is 0.350 e. The van der Waals surface area contributed by atoms with Crippen LogP contribution in [0, 0.1) is 23.2 Å². The monoisotopic (exact) mass is 326 g/mol. The van der Waals surface area contributed by atoms with Gasteiger partial charge in [0.1, 0.15) is 0 Å². The fraction of sp³-hybridized carbons (Fsp3) is 0.471. The number of allylic oxidation sites excluding steroid dienone is 1. The number of piperidine rings is 1. The summed E-state index contributed by atoms with van der Waals surface area (Å²) in [5, 5.41) is 8.93. The molecule has 7 heteroatoms. The molecule has 1 aliphatic carbocycles. The molecule has 1 unspecified atom stereocenters. The summed E-state index contributed by atoms with van der Waals surface area (Å²) in [6, 6.07) is 1.65. The van der Waals surface area contributed by atoms with Crippen LogP contribution >= 0.6 is 0 Å². The first-order chi connectivity index (χ1) is 11.5. The van der Waals surface area contributed by atoms with E-state index >= 15 is 0 Å². The fourth-order valence-electron chi connectivity index (χ4n) is 3.16. The highest BCUT2D eigenvalue weighted by Crippen LogP contribution is 2.24. The number of rotatable bonds is 2. The quantitative estimate of drug-likeness (QED) is 0.764. The Kier molecular flexibility index (Phi) is 4.30. The number of imide groups is 1. The van der Waals surface area contributed by atoms with E-state index in [1.807, 2.05) is 0 Å². The topological polar surface area (TPSA) is 93.8 Å². The van der Waals surface area contributed by atoms with Crippen LogP contribution in [0.1, 0.15) is 19.8 Å². The lowest BCUT2D eigenvalue weighted by molar-refractivity contribution is -0.130. The van der Waals surface area contributed by atoms with Crippen molar-refractivity contribution >= 4 is 23.6 Å². The second-order valence-corrected chi connectivity index (χ2v) is 6.03. The Morgan fingerprint density at radius 1 is 1.38 bits per heavy atom. The molecule has 1 fully saturated rings. The zero-order valence-electron chi connectivity index (χ0n) is 13.4. The van der Waals surface area contributed by atoms with Crippen molar-refractivity contribution in [2.75, 3.05) is 19.6 Å². The molecule has 0 aromatic heterocycles. The molecular weight excluding hydrogens is 308 g/mol. The molecule has 0 radical (unpaired) electrons. The number of hydrogen-bond donors (Lipinski definition) is 0. The lowest BCUT2D eigenvalue weighted by Gasteiger charge is -2.31. The first-order valence-electron chi connectivity index (χ1n) is 8.08. The van der Waals surface area contributed by atoms with Crippen LogP contribution in [-0.2, 0) is 9.59 Å². The van der Waals surface area contributed by atoms with E-state index in [2.05, 4.69) is 11.1 Å². The Balaban J connectivity index is 1.78. The summed E-state index contributed by atoms with van der Waals surface area (Å²) in [4.78, 5) is 43.5. The Hall–Kier alpha value is -2.75. The lowest BCUT2D eigenvalue weighted by Crippen LogP contribution is -2.46. The van der Waals surface area contributed by atoms with E-state index in [4.69, 9.17) is 5.26 Å². The molecule has 0 spiro atoms. The highest BCUT2D eigenvalue weighted by Gasteiger charge is 2.36. The van der Waals surface area contributed by atoms with E-state index in [9.17, 15) is 14.4 Å². The predicted octanol–water partition coefficient (Wildman–Crippen LogP) is 1.28. The molecule has 0 saturated carbocycles. The SMILES string of the molecule is CCN1C(=O)N=C2C=C(C(=O)N3CCC(C#N)CC3)C=CC2C1=O. The van der Waals surface area contributed by atoms with Gasteiger partial charge in [-0.1, -0.05) is 12.2 Å². The van der Waals surface area contributed by atoms with Gasteiger partial charge < -0.3 is 4.90 Å². The number of nitrogens with zero attached hydrogens (tertiary/aromatic N) is 4. The molecule has 2 heterocycles. The van der Waals surface area contributed by atoms with Gasteiger partial charge in [-0.2, -0.15) is 10.3 Å². The van der Waals surface area contributed by atoms with Crippen LogP contribution in [-0.4, -0.2) is 53.0 Å². The van der Waals surface area contributed by atoms with E-state index < -0.39 is 11.9 Å². The third-order valence-electron chi connectivity index (χ3n) is 4.61. The van der Waals surface area contributed by atoms with Gasteiger partial charge in [-0.15, -0.1) is 0 Å². The van der Waals surface area contributed by atoms with E-state index in [-0.39, 0.29) is 24.3 Å². The number of urea groups is 1. The molecule has 0 bridgehead atoms. The maximum atomic E-state index is 12.6. The van der Waals surface area contributed by atoms with Crippen molar-refractivity contribution in [3.63, 3.8) is 0 Å². The minimum Gasteiger partial charge on any atom is -0.339 e. The van der Waals surface area contributed by atoms with Gasteiger partial charge >= 0.3 is 6.03 Å². The van der Waals surface area contributed by atoms with Crippen molar-refractivity contribution in [2.24, 2.45) is 16.8 Å². The van der Waals surface area contributed by atoms with Crippen LogP contribution < -0.4 is 0 Å². The molecule has 4 amide bonds. The minimum atomic E-state index is -0.594. The van der Waals surface area contributed by atoms with E-state index in [0.717, 1.165) is 4.90 Å². The normalized spacial score (nSPS) is 24.2. The summed E-state index contributed by atoms with van der Waals surface area (Å²) in [6.07, 6.45) is 6.14. The molecule has 7 nitrogen and oxygen atoms in total. The second-order valence-electron chi connectivity index (χ2n) is 6.03. The van der Waals surface area contributed by atoms with Crippen LogP contribution in [0.2, 0.25) is 0 Å². The van der Waals surface area contributed by atoms with Crippen LogP contribution in [0.4, 0.5) is 4.79 Å². The van der Waals surface area contributed by atoms with Gasteiger partial charge in [0, 0.05) is 31.1 Å². The first kappa shape index (κ1) is 16.1. The average molecular weight is 326 g/mol. The Labute approximate surface area is 139 Å². The number of carbonyl (C=O) groups excluding carboxylic acids is 3. The van der Waals surface area contributed by atoms with Crippen LogP contribution in [0.3, 0.4) is 0 Å². The molecule has 24 heavy (non-hydrogen) atoms. The smallest absolute Gasteiger partial charge is 0.339 e. The zero-order chi connectivity index (χ0) is 17.3. The third kappa shape index (κ3) is 2.75. The Morgan fingerprint density at radius 2 is 2.08 bits per heavy atom. The standard InChI is InChI=1S/C17H18N4O3/c1-2-21-16(23)13-4-3-12(9-14(13)19-17(21)24)15(22)20-7-5-11(10-18)6-8-20/h3-4,9,11,13H,2,5-8H2,1H3. The van der Waals surface area contributed by atoms with Crippen molar-refractivity contribution in [2.45, 2.75) is 19.8 Å². The van der Waals surface area contributed by atoms with Crippen molar-refractivity contribution in [3.8, 4) is 6.07 Å². The van der Waals surface area contributed by atoms with E-state index in [1.165, 1.54) is 6.08 Å². The molecule has 124 valence electrons. The molecule has 0 N–H and O–H groups in total. The summed E-state index contributed by atoms with van der Waals surface area (Å²) in [5.41, 5.74) is 0.749. The van der Waals surface area contributed by atoms with Crippen LogP contribution in [0.5, 0.6) is 0 Å². The first-order valence-corrected chi connectivity index (χ1v) is 8.08. The number of amides is 4. The number of fused-ring (bicyclic) bond motifs is 1. The van der Waals surface area contributed by atoms with E-state index in [0.29, 0.717) is 37.2 Å². The van der Waals surface area contributed by atoms with Crippen molar-refractivity contribution in [1.82, 2.24) is 9.80 Å². The van der Waals surface area contributed by atoms with E-state index in [1.54, 1.807) is 24.0 Å². The Morgan fingerprint density at radius 3 is 2.71 bits per heavy atom. The molecule has 1 saturated heterocycles. The second kappa shape index (κ2) is 6.40. The highest BCUT2D eigenvalue weighted by atomic mass is 16.2. The summed E-state index contributed by atoms with van der Waals surface area (Å²) >= 11 is 0. The molecule has 1 atom stereocenters. The number of hydrogen-bond acceptors (Lipinski definition) is 4. The maximum Gasteiger partial charge on any atom is 0.350 e. The van der Waals surface area contributed by atoms with Gasteiger partial charge in [-0.25, -0.2) is 4.79 Å². The van der Waals surface area contributed by atoms with Crippen molar-refractivity contribution in [3.05, 3.63) is 23.8 Å². The van der Waals surface area contributed by atoms with Gasteiger partial charge in [-0.3, -0.25) is 14.5 Å². The number of likely N-dealkylation sites (tertiary alicyclic amines) is 1.